The molecule has 0 N–H and O–H groups in total. The van der Waals surface area contributed by atoms with Gasteiger partial charge >= 0.3 is 0 Å². The smallest absolute Gasteiger partial charge is 0.217 e. The molecule has 0 bridgehead atoms. The van der Waals surface area contributed by atoms with E-state index in [-0.39, 0.29) is 0 Å². The quantitative estimate of drug-likeness (QED) is 0.621. The van der Waals surface area contributed by atoms with Crippen molar-refractivity contribution in [1.29, 1.82) is 0 Å². The Morgan fingerprint density at radius 3 is 2.71 bits per heavy atom. The summed E-state index contributed by atoms with van der Waals surface area (Å²) < 4.78 is 0. The van der Waals surface area contributed by atoms with Crippen molar-refractivity contribution in [2.24, 2.45) is 5.92 Å². The van der Waals surface area contributed by atoms with E-state index in [1.54, 1.807) is 0 Å². The van der Waals surface area contributed by atoms with Gasteiger partial charge in [0.15, 0.2) is 0 Å². The van der Waals surface area contributed by atoms with Crippen molar-refractivity contribution < 1.29 is 0 Å². The minimum atomic E-state index is 0.651. The zero-order valence-corrected chi connectivity index (χ0v) is 8.32. The van der Waals surface area contributed by atoms with Crippen LogP contribution in [0.15, 0.2) is 30.3 Å². The van der Waals surface area contributed by atoms with Gasteiger partial charge in [-0.3, -0.25) is 0 Å². The normalized spacial score (nSPS) is 25.9. The molecule has 0 aliphatic heterocycles. The average molecular weight is 185 g/mol. The molecule has 0 aromatic heterocycles. The van der Waals surface area contributed by atoms with E-state index in [4.69, 9.17) is 6.57 Å². The van der Waals surface area contributed by atoms with Crippen LogP contribution in [0.4, 0.5) is 0 Å². The van der Waals surface area contributed by atoms with Crippen molar-refractivity contribution in [2.45, 2.75) is 25.2 Å². The molecule has 0 spiro atoms. The lowest BCUT2D eigenvalue weighted by atomic mass is 9.96. The molecule has 0 amide bonds. The summed E-state index contributed by atoms with van der Waals surface area (Å²) in [5.74, 6) is 1.36. The Bertz CT molecular complexity index is 323. The van der Waals surface area contributed by atoms with Gasteiger partial charge in [-0.15, -0.1) is 0 Å². The highest BCUT2D eigenvalue weighted by Crippen LogP contribution is 2.38. The number of nitrogens with zero attached hydrogens (tertiary/aromatic N) is 1. The SMILES string of the molecule is [C-]#[N+]CC1CCC(c2ccccc2)C1. The molecule has 1 aromatic rings. The third-order valence-electron chi connectivity index (χ3n) is 3.16. The van der Waals surface area contributed by atoms with E-state index >= 15 is 0 Å². The highest BCUT2D eigenvalue weighted by atomic mass is 14.6. The summed E-state index contributed by atoms with van der Waals surface area (Å²) >= 11 is 0. The van der Waals surface area contributed by atoms with Crippen molar-refractivity contribution in [3.8, 4) is 0 Å². The van der Waals surface area contributed by atoms with Crippen molar-refractivity contribution in [3.05, 3.63) is 47.3 Å². The highest BCUT2D eigenvalue weighted by Gasteiger charge is 2.27. The van der Waals surface area contributed by atoms with E-state index < -0.39 is 0 Å². The van der Waals surface area contributed by atoms with Crippen molar-refractivity contribution in [1.82, 2.24) is 0 Å². The summed E-state index contributed by atoms with van der Waals surface area (Å²) in [6, 6.07) is 10.7. The van der Waals surface area contributed by atoms with Gasteiger partial charge in [0.25, 0.3) is 0 Å². The predicted octanol–water partition coefficient (Wildman–Crippen LogP) is 3.49. The zero-order chi connectivity index (χ0) is 9.80. The lowest BCUT2D eigenvalue weighted by Gasteiger charge is -2.08. The number of benzene rings is 1. The van der Waals surface area contributed by atoms with Crippen molar-refractivity contribution >= 4 is 0 Å². The molecule has 2 rings (SSSR count). The van der Waals surface area contributed by atoms with Gasteiger partial charge in [0.2, 0.25) is 6.54 Å². The van der Waals surface area contributed by atoms with Gasteiger partial charge in [0.1, 0.15) is 0 Å². The fourth-order valence-electron chi connectivity index (χ4n) is 2.40. The molecule has 1 aliphatic rings. The summed E-state index contributed by atoms with van der Waals surface area (Å²) in [6.45, 7) is 7.59. The maximum absolute atomic E-state index is 6.86. The minimum Gasteiger partial charge on any atom is -0.317 e. The Morgan fingerprint density at radius 2 is 2.00 bits per heavy atom. The molecule has 0 radical (unpaired) electrons. The minimum absolute atomic E-state index is 0.651. The Labute approximate surface area is 85.6 Å². The highest BCUT2D eigenvalue weighted by molar-refractivity contribution is 5.20. The van der Waals surface area contributed by atoms with Crippen LogP contribution in [0.5, 0.6) is 0 Å². The van der Waals surface area contributed by atoms with Gasteiger partial charge in [-0.1, -0.05) is 30.3 Å². The molecule has 1 nitrogen and oxygen atoms in total. The maximum atomic E-state index is 6.86. The van der Waals surface area contributed by atoms with Crippen molar-refractivity contribution in [3.63, 3.8) is 0 Å². The van der Waals surface area contributed by atoms with E-state index in [0.29, 0.717) is 11.8 Å². The van der Waals surface area contributed by atoms with Crippen LogP contribution in [-0.4, -0.2) is 6.54 Å². The Kier molecular flexibility index (Phi) is 2.84. The standard InChI is InChI=1S/C13H15N/c1-14-10-11-7-8-13(9-11)12-5-3-2-4-6-12/h2-6,11,13H,7-10H2. The Hall–Kier alpha value is -1.29. The van der Waals surface area contributed by atoms with Crippen LogP contribution in [-0.2, 0) is 0 Å². The second-order valence-corrected chi connectivity index (χ2v) is 4.13. The van der Waals surface area contributed by atoms with Crippen LogP contribution < -0.4 is 0 Å². The summed E-state index contributed by atoms with van der Waals surface area (Å²) in [6.07, 6.45) is 3.72. The average Bonchev–Trinajstić information content (AvgIpc) is 2.68. The fourth-order valence-corrected chi connectivity index (χ4v) is 2.40. The summed E-state index contributed by atoms with van der Waals surface area (Å²) in [4.78, 5) is 3.50. The van der Waals surface area contributed by atoms with E-state index in [1.807, 2.05) is 0 Å². The molecule has 14 heavy (non-hydrogen) atoms. The van der Waals surface area contributed by atoms with Crippen LogP contribution in [0, 0.1) is 12.5 Å². The second-order valence-electron chi connectivity index (χ2n) is 4.13. The van der Waals surface area contributed by atoms with Gasteiger partial charge in [-0.25, -0.2) is 6.57 Å². The van der Waals surface area contributed by atoms with Crippen LogP contribution in [0.3, 0.4) is 0 Å². The van der Waals surface area contributed by atoms with E-state index in [9.17, 15) is 0 Å². The van der Waals surface area contributed by atoms with E-state index in [2.05, 4.69) is 35.2 Å². The molecular weight excluding hydrogens is 170 g/mol. The first-order valence-corrected chi connectivity index (χ1v) is 5.28. The van der Waals surface area contributed by atoms with E-state index in [1.165, 1.54) is 24.8 Å². The Morgan fingerprint density at radius 1 is 1.21 bits per heavy atom. The van der Waals surface area contributed by atoms with Gasteiger partial charge < -0.3 is 4.85 Å². The molecule has 1 saturated carbocycles. The summed E-state index contributed by atoms with van der Waals surface area (Å²) in [5.41, 5.74) is 1.46. The lowest BCUT2D eigenvalue weighted by Crippen LogP contribution is -1.98. The van der Waals surface area contributed by atoms with Crippen molar-refractivity contribution in [2.75, 3.05) is 6.54 Å². The van der Waals surface area contributed by atoms with Crippen LogP contribution in [0.1, 0.15) is 30.7 Å². The number of hydrogen-bond donors (Lipinski definition) is 0. The monoisotopic (exact) mass is 185 g/mol. The first-order chi connectivity index (χ1) is 6.90. The summed E-state index contributed by atoms with van der Waals surface area (Å²) in [7, 11) is 0. The molecule has 2 atom stereocenters. The molecule has 1 aliphatic carbocycles. The topological polar surface area (TPSA) is 4.36 Å². The van der Waals surface area contributed by atoms with Gasteiger partial charge in [-0.2, -0.15) is 0 Å². The predicted molar refractivity (Wildman–Crippen MR) is 58.0 cm³/mol. The van der Waals surface area contributed by atoms with Crippen LogP contribution in [0.2, 0.25) is 0 Å². The van der Waals surface area contributed by atoms with Crippen LogP contribution >= 0.6 is 0 Å². The first-order valence-electron chi connectivity index (χ1n) is 5.28. The Balaban J connectivity index is 2.00. The molecule has 1 heteroatoms. The third-order valence-corrected chi connectivity index (χ3v) is 3.16. The first kappa shape index (κ1) is 9.27. The molecule has 1 aromatic carbocycles. The lowest BCUT2D eigenvalue weighted by molar-refractivity contribution is 0.581. The summed E-state index contributed by atoms with van der Waals surface area (Å²) in [5, 5.41) is 0. The van der Waals surface area contributed by atoms with E-state index in [0.717, 1.165) is 6.54 Å². The largest absolute Gasteiger partial charge is 0.317 e. The van der Waals surface area contributed by atoms with Crippen LogP contribution in [0.25, 0.3) is 4.85 Å². The molecule has 0 heterocycles. The van der Waals surface area contributed by atoms with Gasteiger partial charge in [0, 0.05) is 5.92 Å². The molecule has 0 saturated heterocycles. The molecule has 1 fully saturated rings. The zero-order valence-electron chi connectivity index (χ0n) is 8.32. The third kappa shape index (κ3) is 1.96. The van der Waals surface area contributed by atoms with Gasteiger partial charge in [-0.05, 0) is 30.7 Å². The number of hydrogen-bond acceptors (Lipinski definition) is 0. The maximum Gasteiger partial charge on any atom is 0.217 e. The molecule has 72 valence electrons. The fraction of sp³-hybridized carbons (Fsp3) is 0.462. The van der Waals surface area contributed by atoms with Gasteiger partial charge in [0.05, 0.1) is 0 Å². The molecule has 2 unspecified atom stereocenters. The molecular formula is C13H15N. The number of rotatable bonds is 2. The second kappa shape index (κ2) is 4.28.